The highest BCUT2D eigenvalue weighted by Crippen LogP contribution is 2.34. The van der Waals surface area contributed by atoms with Crippen LogP contribution in [-0.4, -0.2) is 13.0 Å². The topological polar surface area (TPSA) is 38.3 Å². The summed E-state index contributed by atoms with van der Waals surface area (Å²) in [6.07, 6.45) is -3.87. The van der Waals surface area contributed by atoms with Crippen molar-refractivity contribution in [2.75, 3.05) is 12.4 Å². The maximum atomic E-state index is 13.0. The summed E-state index contributed by atoms with van der Waals surface area (Å²) in [6.45, 7) is 3.27. The number of hydrogen-bond donors (Lipinski definition) is 1. The standard InChI is InChI=1S/C18H18F3NO2/c1-4-12-6-5-7-15(24-3)16(12)17(23)22-13-9-8-11(2)14(10-13)18(19,20)21/h5-10H,4H2,1-3H3,(H,22,23). The van der Waals surface area contributed by atoms with E-state index < -0.39 is 17.6 Å². The van der Waals surface area contributed by atoms with Crippen LogP contribution in [0.2, 0.25) is 0 Å². The van der Waals surface area contributed by atoms with Gasteiger partial charge in [-0.25, -0.2) is 0 Å². The number of halogens is 3. The third-order valence-corrected chi connectivity index (χ3v) is 3.74. The number of carbonyl (C=O) groups excluding carboxylic acids is 1. The van der Waals surface area contributed by atoms with Gasteiger partial charge in [0.1, 0.15) is 5.75 Å². The van der Waals surface area contributed by atoms with Crippen molar-refractivity contribution in [3.8, 4) is 5.75 Å². The molecule has 24 heavy (non-hydrogen) atoms. The minimum Gasteiger partial charge on any atom is -0.496 e. The summed E-state index contributed by atoms with van der Waals surface area (Å²) >= 11 is 0. The molecule has 0 atom stereocenters. The van der Waals surface area contributed by atoms with Crippen LogP contribution in [0.3, 0.4) is 0 Å². The van der Waals surface area contributed by atoms with Gasteiger partial charge < -0.3 is 10.1 Å². The van der Waals surface area contributed by atoms with E-state index >= 15 is 0 Å². The lowest BCUT2D eigenvalue weighted by Crippen LogP contribution is -2.16. The van der Waals surface area contributed by atoms with E-state index in [0.717, 1.165) is 11.6 Å². The largest absolute Gasteiger partial charge is 0.496 e. The predicted molar refractivity (Wildman–Crippen MR) is 86.5 cm³/mol. The maximum Gasteiger partial charge on any atom is 0.416 e. The highest BCUT2D eigenvalue weighted by atomic mass is 19.4. The Balaban J connectivity index is 2.38. The average Bonchev–Trinajstić information content (AvgIpc) is 2.54. The highest BCUT2D eigenvalue weighted by Gasteiger charge is 2.32. The molecule has 0 aromatic heterocycles. The van der Waals surface area contributed by atoms with Crippen molar-refractivity contribution in [3.63, 3.8) is 0 Å². The lowest BCUT2D eigenvalue weighted by atomic mass is 10.0. The van der Waals surface area contributed by atoms with E-state index in [4.69, 9.17) is 4.74 Å². The number of ether oxygens (including phenoxy) is 1. The summed E-state index contributed by atoms with van der Waals surface area (Å²) in [7, 11) is 1.44. The van der Waals surface area contributed by atoms with Crippen molar-refractivity contribution in [1.82, 2.24) is 0 Å². The second-order valence-corrected chi connectivity index (χ2v) is 5.33. The van der Waals surface area contributed by atoms with Gasteiger partial charge in [-0.2, -0.15) is 13.2 Å². The zero-order chi connectivity index (χ0) is 17.9. The van der Waals surface area contributed by atoms with Crippen LogP contribution in [0.1, 0.15) is 34.0 Å². The minimum absolute atomic E-state index is 0.0888. The number of nitrogens with one attached hydrogen (secondary N) is 1. The number of aryl methyl sites for hydroxylation is 2. The normalized spacial score (nSPS) is 11.2. The SMILES string of the molecule is CCc1cccc(OC)c1C(=O)Nc1ccc(C)c(C(F)(F)F)c1. The molecule has 0 saturated heterocycles. The van der Waals surface area contributed by atoms with Crippen molar-refractivity contribution in [2.45, 2.75) is 26.4 Å². The Labute approximate surface area is 138 Å². The number of carbonyl (C=O) groups is 1. The summed E-state index contributed by atoms with van der Waals surface area (Å²) < 4.78 is 44.2. The van der Waals surface area contributed by atoms with Crippen molar-refractivity contribution in [2.24, 2.45) is 0 Å². The second-order valence-electron chi connectivity index (χ2n) is 5.33. The number of amides is 1. The van der Waals surface area contributed by atoms with E-state index in [9.17, 15) is 18.0 Å². The molecule has 0 aliphatic carbocycles. The summed E-state index contributed by atoms with van der Waals surface area (Å²) in [5.74, 6) is -0.115. The zero-order valence-electron chi connectivity index (χ0n) is 13.6. The molecule has 0 unspecified atom stereocenters. The molecule has 3 nitrogen and oxygen atoms in total. The molecule has 0 aliphatic rings. The van der Waals surface area contributed by atoms with Gasteiger partial charge in [0, 0.05) is 5.69 Å². The highest BCUT2D eigenvalue weighted by molar-refractivity contribution is 6.07. The van der Waals surface area contributed by atoms with Crippen LogP contribution in [0.4, 0.5) is 18.9 Å². The lowest BCUT2D eigenvalue weighted by Gasteiger charge is -2.15. The molecule has 0 radical (unpaired) electrons. The fourth-order valence-corrected chi connectivity index (χ4v) is 2.50. The first-order chi connectivity index (χ1) is 11.3. The van der Waals surface area contributed by atoms with E-state index in [1.807, 2.05) is 6.92 Å². The van der Waals surface area contributed by atoms with Gasteiger partial charge >= 0.3 is 6.18 Å². The molecule has 0 bridgehead atoms. The van der Waals surface area contributed by atoms with Crippen molar-refractivity contribution >= 4 is 11.6 Å². The molecular weight excluding hydrogens is 319 g/mol. The van der Waals surface area contributed by atoms with Gasteiger partial charge in [0.2, 0.25) is 0 Å². The van der Waals surface area contributed by atoms with Crippen LogP contribution in [-0.2, 0) is 12.6 Å². The fourth-order valence-electron chi connectivity index (χ4n) is 2.50. The Bertz CT molecular complexity index is 732. The predicted octanol–water partition coefficient (Wildman–Crippen LogP) is 4.84. The third-order valence-electron chi connectivity index (χ3n) is 3.74. The van der Waals surface area contributed by atoms with Crippen molar-refractivity contribution < 1.29 is 22.7 Å². The number of hydrogen-bond acceptors (Lipinski definition) is 2. The Morgan fingerprint density at radius 1 is 1.21 bits per heavy atom. The monoisotopic (exact) mass is 337 g/mol. The molecule has 0 fully saturated rings. The first-order valence-corrected chi connectivity index (χ1v) is 7.43. The minimum atomic E-state index is -4.47. The van der Waals surface area contributed by atoms with Gasteiger partial charge in [0.25, 0.3) is 5.91 Å². The van der Waals surface area contributed by atoms with Crippen LogP contribution < -0.4 is 10.1 Å². The molecule has 128 valence electrons. The maximum absolute atomic E-state index is 13.0. The van der Waals surface area contributed by atoms with E-state index in [1.165, 1.54) is 26.2 Å². The summed E-state index contributed by atoms with van der Waals surface area (Å²) in [5, 5.41) is 2.53. The quantitative estimate of drug-likeness (QED) is 0.867. The van der Waals surface area contributed by atoms with Crippen LogP contribution in [0, 0.1) is 6.92 Å². The third kappa shape index (κ3) is 3.69. The van der Waals surface area contributed by atoms with E-state index in [-0.39, 0.29) is 11.3 Å². The molecule has 6 heteroatoms. The zero-order valence-corrected chi connectivity index (χ0v) is 13.6. The van der Waals surface area contributed by atoms with E-state index in [1.54, 1.807) is 18.2 Å². The molecule has 0 saturated carbocycles. The molecule has 2 rings (SSSR count). The first-order valence-electron chi connectivity index (χ1n) is 7.43. The average molecular weight is 337 g/mol. The molecule has 0 aliphatic heterocycles. The van der Waals surface area contributed by atoms with Crippen LogP contribution >= 0.6 is 0 Å². The van der Waals surface area contributed by atoms with Gasteiger partial charge in [0.15, 0.2) is 0 Å². The molecule has 1 amide bonds. The molecule has 0 spiro atoms. The molecule has 2 aromatic rings. The summed E-state index contributed by atoms with van der Waals surface area (Å²) in [4.78, 5) is 12.5. The Morgan fingerprint density at radius 2 is 1.92 bits per heavy atom. The number of anilines is 1. The van der Waals surface area contributed by atoms with Crippen LogP contribution in [0.15, 0.2) is 36.4 Å². The smallest absolute Gasteiger partial charge is 0.416 e. The Hall–Kier alpha value is -2.50. The number of rotatable bonds is 4. The van der Waals surface area contributed by atoms with Gasteiger partial charge in [-0.15, -0.1) is 0 Å². The molecule has 0 heterocycles. The molecular formula is C18H18F3NO2. The van der Waals surface area contributed by atoms with Crippen LogP contribution in [0.25, 0.3) is 0 Å². The van der Waals surface area contributed by atoms with Gasteiger partial charge in [-0.05, 0) is 42.7 Å². The second kappa shape index (κ2) is 6.95. The summed E-state index contributed by atoms with van der Waals surface area (Å²) in [5.41, 5.74) is 0.514. The first kappa shape index (κ1) is 17.8. The molecule has 1 N–H and O–H groups in total. The Kier molecular flexibility index (Phi) is 5.17. The van der Waals surface area contributed by atoms with Gasteiger partial charge in [0.05, 0.1) is 18.2 Å². The van der Waals surface area contributed by atoms with Gasteiger partial charge in [-0.1, -0.05) is 25.1 Å². The van der Waals surface area contributed by atoms with Gasteiger partial charge in [-0.3, -0.25) is 4.79 Å². The Morgan fingerprint density at radius 3 is 2.50 bits per heavy atom. The van der Waals surface area contributed by atoms with E-state index in [2.05, 4.69) is 5.32 Å². The lowest BCUT2D eigenvalue weighted by molar-refractivity contribution is -0.138. The van der Waals surface area contributed by atoms with Crippen LogP contribution in [0.5, 0.6) is 5.75 Å². The fraction of sp³-hybridized carbons (Fsp3) is 0.278. The molecule has 2 aromatic carbocycles. The number of methoxy groups -OCH3 is 1. The van der Waals surface area contributed by atoms with Crippen molar-refractivity contribution in [3.05, 3.63) is 58.7 Å². The number of benzene rings is 2. The number of alkyl halides is 3. The summed E-state index contributed by atoms with van der Waals surface area (Å²) in [6, 6.07) is 8.92. The van der Waals surface area contributed by atoms with Crippen molar-refractivity contribution in [1.29, 1.82) is 0 Å². The van der Waals surface area contributed by atoms with E-state index in [0.29, 0.717) is 17.7 Å².